The number of aryl methyl sites for hydroxylation is 1. The smallest absolute Gasteiger partial charge is 0.268 e. The quantitative estimate of drug-likeness (QED) is 0.451. The third-order valence-corrected chi connectivity index (χ3v) is 5.07. The van der Waals surface area contributed by atoms with E-state index in [-0.39, 0.29) is 5.56 Å². The molecule has 0 radical (unpaired) electrons. The second kappa shape index (κ2) is 6.57. The lowest BCUT2D eigenvalue weighted by Crippen LogP contribution is -2.21. The molecule has 1 N–H and O–H groups in total. The number of nitrogens with one attached hydrogen (secondary N) is 1. The van der Waals surface area contributed by atoms with E-state index in [1.165, 1.54) is 17.3 Å². The Morgan fingerprint density at radius 3 is 2.64 bits per heavy atom. The van der Waals surface area contributed by atoms with E-state index in [4.69, 9.17) is 0 Å². The maximum absolute atomic E-state index is 12.9. The Morgan fingerprint density at radius 2 is 1.84 bits per heavy atom. The largest absolute Gasteiger partial charge is 0.269 e. The molecule has 0 aliphatic rings. The van der Waals surface area contributed by atoms with Crippen LogP contribution in [0, 0.1) is 6.92 Å². The summed E-state index contributed by atoms with van der Waals surface area (Å²) in [5.74, 6) is 0.742. The van der Waals surface area contributed by atoms with Crippen LogP contribution in [0.3, 0.4) is 0 Å². The lowest BCUT2D eigenvalue weighted by Gasteiger charge is -2.12. The Morgan fingerprint density at radius 1 is 1.08 bits per heavy atom. The number of thioether (sulfide) groups is 1. The highest BCUT2D eigenvalue weighted by Gasteiger charge is 2.14. The summed E-state index contributed by atoms with van der Waals surface area (Å²) in [6.45, 7) is 2.09. The second-order valence-electron chi connectivity index (χ2n) is 5.72. The summed E-state index contributed by atoms with van der Waals surface area (Å²) in [4.78, 5) is 17.6. The molecule has 0 fully saturated rings. The predicted octanol–water partition coefficient (Wildman–Crippen LogP) is 3.71. The maximum atomic E-state index is 12.9. The third-order valence-electron chi connectivity index (χ3n) is 4.08. The fourth-order valence-electron chi connectivity index (χ4n) is 2.69. The molecule has 0 atom stereocenters. The van der Waals surface area contributed by atoms with Crippen molar-refractivity contribution in [1.82, 2.24) is 19.7 Å². The summed E-state index contributed by atoms with van der Waals surface area (Å²) in [5.41, 5.74) is 3.66. The van der Waals surface area contributed by atoms with E-state index < -0.39 is 0 Å². The fourth-order valence-corrected chi connectivity index (χ4v) is 3.77. The number of para-hydroxylation sites is 1. The molecule has 4 rings (SSSR count). The highest BCUT2D eigenvalue weighted by Crippen LogP contribution is 2.25. The van der Waals surface area contributed by atoms with Crippen molar-refractivity contribution in [2.24, 2.45) is 0 Å². The van der Waals surface area contributed by atoms with Crippen LogP contribution in [0.5, 0.6) is 0 Å². The van der Waals surface area contributed by atoms with Gasteiger partial charge in [-0.2, -0.15) is 5.10 Å². The van der Waals surface area contributed by atoms with Gasteiger partial charge in [-0.05, 0) is 30.2 Å². The van der Waals surface area contributed by atoms with Gasteiger partial charge in [-0.1, -0.05) is 54.2 Å². The van der Waals surface area contributed by atoms with Gasteiger partial charge in [0.05, 0.1) is 11.9 Å². The Labute approximate surface area is 148 Å². The standard InChI is InChI=1S/C19H16N4OS/c1-13-7-5-6-8-14(13)12-25-19-21-17-16(11-20-22-17)18(24)23(19)15-9-3-2-4-10-15/h2-11H,12H2,1H3,(H,20,22). The zero-order valence-corrected chi connectivity index (χ0v) is 14.5. The minimum atomic E-state index is -0.114. The number of H-pyrrole nitrogens is 1. The number of hydrogen-bond acceptors (Lipinski definition) is 4. The third kappa shape index (κ3) is 2.96. The molecule has 0 bridgehead atoms. The molecule has 5 nitrogen and oxygen atoms in total. The van der Waals surface area contributed by atoms with Crippen LogP contribution >= 0.6 is 11.8 Å². The number of nitrogens with zero attached hydrogens (tertiary/aromatic N) is 3. The molecule has 0 aliphatic heterocycles. The molecule has 0 amide bonds. The van der Waals surface area contributed by atoms with Crippen LogP contribution in [0.2, 0.25) is 0 Å². The van der Waals surface area contributed by atoms with Gasteiger partial charge in [-0.25, -0.2) is 4.98 Å². The molecule has 2 aromatic heterocycles. The molecule has 0 saturated heterocycles. The van der Waals surface area contributed by atoms with Crippen LogP contribution in [0.15, 0.2) is 70.7 Å². The first-order chi connectivity index (χ1) is 12.2. The van der Waals surface area contributed by atoms with E-state index in [9.17, 15) is 4.79 Å². The molecule has 2 heterocycles. The average molecular weight is 348 g/mol. The molecule has 25 heavy (non-hydrogen) atoms. The van der Waals surface area contributed by atoms with Gasteiger partial charge in [0, 0.05) is 5.75 Å². The molecule has 124 valence electrons. The summed E-state index contributed by atoms with van der Waals surface area (Å²) >= 11 is 1.55. The Hall–Kier alpha value is -2.86. The molecular formula is C19H16N4OS. The molecule has 0 saturated carbocycles. The Bertz CT molecular complexity index is 1090. The lowest BCUT2D eigenvalue weighted by atomic mass is 10.1. The SMILES string of the molecule is Cc1ccccc1CSc1nc2[nH]ncc2c(=O)n1-c1ccccc1. The van der Waals surface area contributed by atoms with Crippen molar-refractivity contribution in [3.63, 3.8) is 0 Å². The number of hydrogen-bond donors (Lipinski definition) is 1. The van der Waals surface area contributed by atoms with Gasteiger partial charge in [-0.15, -0.1) is 0 Å². The van der Waals surface area contributed by atoms with Gasteiger partial charge in [0.2, 0.25) is 0 Å². The minimum absolute atomic E-state index is 0.114. The van der Waals surface area contributed by atoms with Crippen LogP contribution in [0.1, 0.15) is 11.1 Å². The predicted molar refractivity (Wildman–Crippen MR) is 100 cm³/mol. The topological polar surface area (TPSA) is 63.6 Å². The summed E-state index contributed by atoms with van der Waals surface area (Å²) in [7, 11) is 0. The molecule has 6 heteroatoms. The van der Waals surface area contributed by atoms with Crippen molar-refractivity contribution in [3.05, 3.63) is 82.3 Å². The van der Waals surface area contributed by atoms with E-state index in [0.29, 0.717) is 16.2 Å². The van der Waals surface area contributed by atoms with E-state index in [1.807, 2.05) is 42.5 Å². The van der Waals surface area contributed by atoms with Crippen LogP contribution in [0.25, 0.3) is 16.7 Å². The van der Waals surface area contributed by atoms with Gasteiger partial charge in [-0.3, -0.25) is 14.5 Å². The number of aromatic nitrogens is 4. The monoisotopic (exact) mass is 348 g/mol. The Kier molecular flexibility index (Phi) is 4.11. The number of aromatic amines is 1. The summed E-state index contributed by atoms with van der Waals surface area (Å²) < 4.78 is 1.65. The lowest BCUT2D eigenvalue weighted by molar-refractivity contribution is 0.816. The molecule has 0 spiro atoms. The van der Waals surface area contributed by atoms with E-state index in [0.717, 1.165) is 11.4 Å². The Balaban J connectivity index is 1.82. The highest BCUT2D eigenvalue weighted by atomic mass is 32.2. The van der Waals surface area contributed by atoms with Gasteiger partial charge in [0.25, 0.3) is 5.56 Å². The van der Waals surface area contributed by atoms with E-state index in [1.54, 1.807) is 16.3 Å². The van der Waals surface area contributed by atoms with Crippen molar-refractivity contribution in [2.45, 2.75) is 17.8 Å². The van der Waals surface area contributed by atoms with Crippen molar-refractivity contribution in [2.75, 3.05) is 0 Å². The minimum Gasteiger partial charge on any atom is -0.268 e. The summed E-state index contributed by atoms with van der Waals surface area (Å²) in [5, 5.41) is 7.90. The van der Waals surface area contributed by atoms with Gasteiger partial charge in [0.1, 0.15) is 5.39 Å². The van der Waals surface area contributed by atoms with Gasteiger partial charge >= 0.3 is 0 Å². The van der Waals surface area contributed by atoms with Gasteiger partial charge < -0.3 is 0 Å². The zero-order chi connectivity index (χ0) is 17.2. The van der Waals surface area contributed by atoms with Crippen molar-refractivity contribution in [3.8, 4) is 5.69 Å². The van der Waals surface area contributed by atoms with Crippen LogP contribution in [-0.2, 0) is 5.75 Å². The van der Waals surface area contributed by atoms with Crippen molar-refractivity contribution >= 4 is 22.8 Å². The van der Waals surface area contributed by atoms with Crippen LogP contribution in [0.4, 0.5) is 0 Å². The van der Waals surface area contributed by atoms with Gasteiger partial charge in [0.15, 0.2) is 10.8 Å². The number of rotatable bonds is 4. The first-order valence-corrected chi connectivity index (χ1v) is 8.91. The average Bonchev–Trinajstić information content (AvgIpc) is 3.11. The van der Waals surface area contributed by atoms with Crippen molar-refractivity contribution < 1.29 is 0 Å². The number of benzene rings is 2. The van der Waals surface area contributed by atoms with E-state index >= 15 is 0 Å². The summed E-state index contributed by atoms with van der Waals surface area (Å²) in [6.07, 6.45) is 1.53. The van der Waals surface area contributed by atoms with Crippen LogP contribution < -0.4 is 5.56 Å². The normalized spacial score (nSPS) is 11.1. The van der Waals surface area contributed by atoms with Crippen LogP contribution in [-0.4, -0.2) is 19.7 Å². The molecule has 0 unspecified atom stereocenters. The molecular weight excluding hydrogens is 332 g/mol. The van der Waals surface area contributed by atoms with Crippen molar-refractivity contribution in [1.29, 1.82) is 0 Å². The van der Waals surface area contributed by atoms with E-state index in [2.05, 4.69) is 34.2 Å². The molecule has 0 aliphatic carbocycles. The first kappa shape index (κ1) is 15.7. The number of fused-ring (bicyclic) bond motifs is 1. The molecule has 4 aromatic rings. The maximum Gasteiger partial charge on any atom is 0.269 e. The fraction of sp³-hybridized carbons (Fsp3) is 0.105. The summed E-state index contributed by atoms with van der Waals surface area (Å²) in [6, 6.07) is 17.8. The first-order valence-electron chi connectivity index (χ1n) is 7.93. The zero-order valence-electron chi connectivity index (χ0n) is 13.6. The molecule has 2 aromatic carbocycles. The highest BCUT2D eigenvalue weighted by molar-refractivity contribution is 7.98. The second-order valence-corrected chi connectivity index (χ2v) is 6.66.